The van der Waals surface area contributed by atoms with Gasteiger partial charge < -0.3 is 26.8 Å². The number of nitrogens with zero attached hydrogens (tertiary/aromatic N) is 2. The molecule has 0 aliphatic heterocycles. The third-order valence-electron chi connectivity index (χ3n) is 5.36. The molecule has 160 valence electrons. The van der Waals surface area contributed by atoms with E-state index in [2.05, 4.69) is 15.9 Å². The standard InChI is InChI=1S/C24H22BrN2O3.BrH/c1-26-21-12-11-20(30-2)13-22(21)27(24(26)15-28)14-23(29)18-5-3-16(4-6-18)17-7-9-19(25)10-8-17;/h3-13,28H,14-15H2,1-2H3;1H/q+1;/p-1. The minimum absolute atomic E-state index is 0. The van der Waals surface area contributed by atoms with Crippen LogP contribution in [-0.2, 0) is 20.2 Å². The first kappa shape index (κ1) is 23.2. The van der Waals surface area contributed by atoms with E-state index in [4.69, 9.17) is 4.74 Å². The van der Waals surface area contributed by atoms with Crippen molar-refractivity contribution >= 4 is 32.7 Å². The van der Waals surface area contributed by atoms with Crippen LogP contribution in [0.25, 0.3) is 22.2 Å². The predicted octanol–water partition coefficient (Wildman–Crippen LogP) is 1.28. The molecule has 31 heavy (non-hydrogen) atoms. The summed E-state index contributed by atoms with van der Waals surface area (Å²) in [4.78, 5) is 13.0. The number of hydrogen-bond acceptors (Lipinski definition) is 3. The SMILES string of the molecule is COc1ccc2c(c1)n(CC(=O)c1ccc(-c3ccc(Br)cc3)cc1)c(CO)[n+]2C.[Br-]. The number of rotatable bonds is 6. The van der Waals surface area contributed by atoms with Crippen molar-refractivity contribution in [3.63, 3.8) is 0 Å². The molecule has 0 amide bonds. The minimum atomic E-state index is -0.163. The lowest BCUT2D eigenvalue weighted by Gasteiger charge is -2.05. The average Bonchev–Trinajstić information content (AvgIpc) is 3.04. The maximum Gasteiger partial charge on any atom is 0.283 e. The van der Waals surface area contributed by atoms with Gasteiger partial charge in [0.1, 0.15) is 12.4 Å². The van der Waals surface area contributed by atoms with Gasteiger partial charge in [-0.15, -0.1) is 0 Å². The molecule has 0 saturated carbocycles. The van der Waals surface area contributed by atoms with Crippen molar-refractivity contribution in [1.82, 2.24) is 4.57 Å². The van der Waals surface area contributed by atoms with Gasteiger partial charge in [-0.1, -0.05) is 52.3 Å². The Bertz CT molecular complexity index is 1220. The molecule has 3 aromatic carbocycles. The molecule has 0 aliphatic carbocycles. The molecule has 4 rings (SSSR count). The van der Waals surface area contributed by atoms with Gasteiger partial charge in [-0.05, 0) is 35.4 Å². The second-order valence-electron chi connectivity index (χ2n) is 7.08. The third-order valence-corrected chi connectivity index (χ3v) is 5.89. The quantitative estimate of drug-likeness (QED) is 0.293. The molecule has 1 aromatic heterocycles. The topological polar surface area (TPSA) is 55.3 Å². The van der Waals surface area contributed by atoms with E-state index in [0.29, 0.717) is 17.1 Å². The smallest absolute Gasteiger partial charge is 0.283 e. The number of imidazole rings is 1. The van der Waals surface area contributed by atoms with Gasteiger partial charge in [-0.25, -0.2) is 9.13 Å². The second kappa shape index (κ2) is 9.77. The Morgan fingerprint density at radius 1 is 1.03 bits per heavy atom. The number of hydrogen-bond donors (Lipinski definition) is 1. The van der Waals surface area contributed by atoms with Crippen LogP contribution in [-0.4, -0.2) is 22.6 Å². The Labute approximate surface area is 199 Å². The van der Waals surface area contributed by atoms with Crippen LogP contribution >= 0.6 is 15.9 Å². The molecular weight excluding hydrogens is 524 g/mol. The monoisotopic (exact) mass is 544 g/mol. The lowest BCUT2D eigenvalue weighted by molar-refractivity contribution is -0.656. The Morgan fingerprint density at radius 2 is 1.65 bits per heavy atom. The molecule has 1 heterocycles. The van der Waals surface area contributed by atoms with Crippen molar-refractivity contribution in [2.75, 3.05) is 7.11 Å². The van der Waals surface area contributed by atoms with Gasteiger partial charge in [0, 0.05) is 16.1 Å². The normalized spacial score (nSPS) is 10.7. The fraction of sp³-hybridized carbons (Fsp3) is 0.167. The highest BCUT2D eigenvalue weighted by Gasteiger charge is 2.25. The van der Waals surface area contributed by atoms with Crippen molar-refractivity contribution < 1.29 is 36.2 Å². The zero-order valence-corrected chi connectivity index (χ0v) is 20.4. The van der Waals surface area contributed by atoms with Crippen molar-refractivity contribution in [3.05, 3.63) is 82.6 Å². The van der Waals surface area contributed by atoms with E-state index in [9.17, 15) is 9.90 Å². The van der Waals surface area contributed by atoms with E-state index in [1.165, 1.54) is 0 Å². The van der Waals surface area contributed by atoms with E-state index in [0.717, 1.165) is 26.6 Å². The molecule has 0 bridgehead atoms. The maximum absolute atomic E-state index is 13.0. The van der Waals surface area contributed by atoms with Gasteiger partial charge in [0.05, 0.1) is 14.2 Å². The molecule has 0 saturated heterocycles. The van der Waals surface area contributed by atoms with Crippen molar-refractivity contribution in [1.29, 1.82) is 0 Å². The first-order valence-corrected chi connectivity index (χ1v) is 10.4. The van der Waals surface area contributed by atoms with Crippen LogP contribution in [0.5, 0.6) is 5.75 Å². The summed E-state index contributed by atoms with van der Waals surface area (Å²) in [5.41, 5.74) is 4.55. The van der Waals surface area contributed by atoms with Crippen molar-refractivity contribution in [2.45, 2.75) is 13.2 Å². The summed E-state index contributed by atoms with van der Waals surface area (Å²) in [7, 11) is 3.49. The fourth-order valence-corrected chi connectivity index (χ4v) is 3.95. The Hall–Kier alpha value is -2.48. The third kappa shape index (κ3) is 4.59. The summed E-state index contributed by atoms with van der Waals surface area (Å²) in [5, 5.41) is 9.90. The fourth-order valence-electron chi connectivity index (χ4n) is 3.68. The van der Waals surface area contributed by atoms with Crippen LogP contribution in [0.1, 0.15) is 16.2 Å². The van der Waals surface area contributed by atoms with Crippen LogP contribution < -0.4 is 26.3 Å². The number of ketones is 1. The molecule has 7 heteroatoms. The average molecular weight is 546 g/mol. The molecule has 5 nitrogen and oxygen atoms in total. The van der Waals surface area contributed by atoms with Gasteiger partial charge in [0.15, 0.2) is 17.6 Å². The zero-order chi connectivity index (χ0) is 21.3. The maximum atomic E-state index is 13.0. The number of halogens is 2. The molecule has 1 N–H and O–H groups in total. The van der Waals surface area contributed by atoms with Crippen LogP contribution in [0.3, 0.4) is 0 Å². The molecule has 0 fully saturated rings. The first-order chi connectivity index (χ1) is 14.5. The number of Topliss-reactive ketones (excluding diaryl/α,β-unsaturated/α-hetero) is 1. The number of carbonyl (C=O) groups excluding carboxylic acids is 1. The first-order valence-electron chi connectivity index (χ1n) is 9.57. The second-order valence-corrected chi connectivity index (χ2v) is 8.00. The number of carbonyl (C=O) groups is 1. The summed E-state index contributed by atoms with van der Waals surface area (Å²) in [6.45, 7) is -0.0265. The van der Waals surface area contributed by atoms with Crippen LogP contribution in [0, 0.1) is 0 Å². The van der Waals surface area contributed by atoms with E-state index in [1.807, 2.05) is 82.9 Å². The van der Waals surface area contributed by atoms with Crippen LogP contribution in [0.2, 0.25) is 0 Å². The number of aliphatic hydroxyl groups excluding tert-OH is 1. The number of aliphatic hydroxyl groups is 1. The van der Waals surface area contributed by atoms with Gasteiger partial charge in [-0.3, -0.25) is 4.79 Å². The number of methoxy groups -OCH3 is 1. The highest BCUT2D eigenvalue weighted by molar-refractivity contribution is 9.10. The minimum Gasteiger partial charge on any atom is -1.00 e. The highest BCUT2D eigenvalue weighted by atomic mass is 79.9. The van der Waals surface area contributed by atoms with Crippen LogP contribution in [0.4, 0.5) is 0 Å². The van der Waals surface area contributed by atoms with Crippen molar-refractivity contribution in [2.24, 2.45) is 7.05 Å². The summed E-state index contributed by atoms with van der Waals surface area (Å²) in [6, 6.07) is 21.4. The summed E-state index contributed by atoms with van der Waals surface area (Å²) >= 11 is 3.45. The van der Waals surface area contributed by atoms with Gasteiger partial charge in [0.25, 0.3) is 5.82 Å². The molecule has 0 aliphatic rings. The Balaban J connectivity index is 0.00000272. The number of aryl methyl sites for hydroxylation is 1. The van der Waals surface area contributed by atoms with E-state index < -0.39 is 0 Å². The number of ether oxygens (including phenoxy) is 1. The lowest BCUT2D eigenvalue weighted by Crippen LogP contribution is -3.00. The lowest BCUT2D eigenvalue weighted by atomic mass is 10.0. The Kier molecular flexibility index (Phi) is 7.30. The van der Waals surface area contributed by atoms with E-state index in [-0.39, 0.29) is 35.9 Å². The largest absolute Gasteiger partial charge is 1.00 e. The summed E-state index contributed by atoms with van der Waals surface area (Å²) in [6.07, 6.45) is 0. The zero-order valence-electron chi connectivity index (χ0n) is 17.2. The molecule has 0 atom stereocenters. The predicted molar refractivity (Wildman–Crippen MR) is 119 cm³/mol. The van der Waals surface area contributed by atoms with E-state index in [1.54, 1.807) is 7.11 Å². The number of benzene rings is 3. The van der Waals surface area contributed by atoms with E-state index >= 15 is 0 Å². The van der Waals surface area contributed by atoms with Gasteiger partial charge in [0.2, 0.25) is 5.78 Å². The number of fused-ring (bicyclic) bond motifs is 1. The molecule has 4 aromatic rings. The molecule has 0 radical (unpaired) electrons. The summed E-state index contributed by atoms with van der Waals surface area (Å²) in [5.74, 6) is 1.35. The molecule has 0 spiro atoms. The Morgan fingerprint density at radius 3 is 2.23 bits per heavy atom. The van der Waals surface area contributed by atoms with Crippen LogP contribution in [0.15, 0.2) is 71.2 Å². The van der Waals surface area contributed by atoms with Gasteiger partial charge >= 0.3 is 0 Å². The highest BCUT2D eigenvalue weighted by Crippen LogP contribution is 2.24. The van der Waals surface area contributed by atoms with Crippen molar-refractivity contribution in [3.8, 4) is 16.9 Å². The molecule has 0 unspecified atom stereocenters. The summed E-state index contributed by atoms with van der Waals surface area (Å²) < 4.78 is 10.1. The number of aromatic nitrogens is 2. The van der Waals surface area contributed by atoms with Gasteiger partial charge in [-0.2, -0.15) is 0 Å². The molecular formula is C24H22Br2N2O3.